The summed E-state index contributed by atoms with van der Waals surface area (Å²) in [5.41, 5.74) is 1.96. The number of rotatable bonds is 3. The van der Waals surface area contributed by atoms with E-state index in [9.17, 15) is 13.2 Å². The first-order valence-corrected chi connectivity index (χ1v) is 9.02. The molecule has 1 heterocycles. The van der Waals surface area contributed by atoms with E-state index in [1.54, 1.807) is 42.5 Å². The van der Waals surface area contributed by atoms with Crippen molar-refractivity contribution in [1.29, 1.82) is 5.26 Å². The van der Waals surface area contributed by atoms with Gasteiger partial charge in [0.2, 0.25) is 10.0 Å². The lowest BCUT2D eigenvalue weighted by Crippen LogP contribution is -2.24. The van der Waals surface area contributed by atoms with Crippen LogP contribution in [0, 0.1) is 11.3 Å². The topological polar surface area (TPSA) is 90.3 Å². The third kappa shape index (κ3) is 3.24. The molecule has 0 atom stereocenters. The first-order chi connectivity index (χ1) is 11.5. The second-order valence-corrected chi connectivity index (χ2v) is 7.45. The summed E-state index contributed by atoms with van der Waals surface area (Å²) in [6, 6.07) is 15.1. The van der Waals surface area contributed by atoms with Crippen LogP contribution in [0.5, 0.6) is 0 Å². The van der Waals surface area contributed by atoms with E-state index in [4.69, 9.17) is 5.26 Å². The Morgan fingerprint density at radius 1 is 1.17 bits per heavy atom. The number of amides is 1. The fourth-order valence-corrected chi connectivity index (χ4v) is 4.14. The monoisotopic (exact) mass is 341 g/mol. The molecule has 1 N–H and O–H groups in total. The number of anilines is 2. The second kappa shape index (κ2) is 6.34. The van der Waals surface area contributed by atoms with Gasteiger partial charge in [-0.25, -0.2) is 8.42 Å². The van der Waals surface area contributed by atoms with Gasteiger partial charge in [-0.05, 0) is 48.9 Å². The van der Waals surface area contributed by atoms with Crippen LogP contribution in [0.3, 0.4) is 0 Å². The van der Waals surface area contributed by atoms with Gasteiger partial charge in [-0.1, -0.05) is 6.07 Å². The number of hydrogen-bond acceptors (Lipinski definition) is 4. The molecule has 3 rings (SSSR count). The number of nitrogens with one attached hydrogen (secondary N) is 1. The molecule has 6 nitrogen and oxygen atoms in total. The lowest BCUT2D eigenvalue weighted by Gasteiger charge is -2.17. The van der Waals surface area contributed by atoms with Crippen molar-refractivity contribution in [3.63, 3.8) is 0 Å². The Kier molecular flexibility index (Phi) is 4.23. The number of nitrogens with zero attached hydrogens (tertiary/aromatic N) is 2. The van der Waals surface area contributed by atoms with Crippen LogP contribution in [0.2, 0.25) is 0 Å². The highest BCUT2D eigenvalue weighted by Gasteiger charge is 2.28. The highest BCUT2D eigenvalue weighted by Crippen LogP contribution is 2.25. The number of carbonyl (C=O) groups excluding carboxylic acids is 1. The summed E-state index contributed by atoms with van der Waals surface area (Å²) in [5, 5.41) is 11.6. The standard InChI is InChI=1S/C17H15N3O3S/c18-12-13-3-1-4-14(11-13)17(21)19-15-5-7-16(8-6-15)20-9-2-10-24(20,22)23/h1,3-8,11H,2,9-10H2,(H,19,21). The quantitative estimate of drug-likeness (QED) is 0.928. The molecule has 0 spiro atoms. The highest BCUT2D eigenvalue weighted by atomic mass is 32.2. The minimum absolute atomic E-state index is 0.167. The second-order valence-electron chi connectivity index (χ2n) is 5.44. The van der Waals surface area contributed by atoms with Crippen LogP contribution in [0.15, 0.2) is 48.5 Å². The molecule has 7 heteroatoms. The Bertz CT molecular complexity index is 915. The lowest BCUT2D eigenvalue weighted by molar-refractivity contribution is 0.102. The Balaban J connectivity index is 1.74. The van der Waals surface area contributed by atoms with Crippen LogP contribution in [0.25, 0.3) is 0 Å². The lowest BCUT2D eigenvalue weighted by atomic mass is 10.1. The van der Waals surface area contributed by atoms with Gasteiger partial charge in [0.1, 0.15) is 0 Å². The Labute approximate surface area is 140 Å². The van der Waals surface area contributed by atoms with E-state index in [-0.39, 0.29) is 11.7 Å². The van der Waals surface area contributed by atoms with Crippen molar-refractivity contribution in [3.05, 3.63) is 59.7 Å². The minimum atomic E-state index is -3.21. The molecule has 2 aromatic rings. The molecule has 0 aliphatic carbocycles. The largest absolute Gasteiger partial charge is 0.322 e. The summed E-state index contributed by atoms with van der Waals surface area (Å²) in [6.45, 7) is 0.481. The van der Waals surface area contributed by atoms with E-state index >= 15 is 0 Å². The van der Waals surface area contributed by atoms with Gasteiger partial charge in [0.05, 0.1) is 23.1 Å². The molecule has 1 fully saturated rings. The molecule has 0 unspecified atom stereocenters. The average Bonchev–Trinajstić information content (AvgIpc) is 2.95. The molecule has 0 radical (unpaired) electrons. The average molecular weight is 341 g/mol. The third-order valence-electron chi connectivity index (χ3n) is 3.77. The van der Waals surface area contributed by atoms with Gasteiger partial charge < -0.3 is 5.32 Å². The Morgan fingerprint density at radius 3 is 2.54 bits per heavy atom. The third-order valence-corrected chi connectivity index (χ3v) is 5.64. The zero-order valence-electron chi connectivity index (χ0n) is 12.8. The van der Waals surface area contributed by atoms with Gasteiger partial charge in [0, 0.05) is 17.8 Å². The molecule has 122 valence electrons. The van der Waals surface area contributed by atoms with Crippen molar-refractivity contribution in [2.75, 3.05) is 21.9 Å². The van der Waals surface area contributed by atoms with Crippen LogP contribution in [0.4, 0.5) is 11.4 Å². The molecule has 1 saturated heterocycles. The number of hydrogen-bond donors (Lipinski definition) is 1. The van der Waals surface area contributed by atoms with E-state index in [0.717, 1.165) is 0 Å². The maximum absolute atomic E-state index is 12.2. The fourth-order valence-electron chi connectivity index (χ4n) is 2.57. The molecule has 0 bridgehead atoms. The van der Waals surface area contributed by atoms with Crippen LogP contribution in [-0.2, 0) is 10.0 Å². The van der Waals surface area contributed by atoms with Crippen molar-refractivity contribution in [3.8, 4) is 6.07 Å². The zero-order chi connectivity index (χ0) is 17.2. The predicted molar refractivity (Wildman–Crippen MR) is 91.3 cm³/mol. The molecular formula is C17H15N3O3S. The van der Waals surface area contributed by atoms with Crippen molar-refractivity contribution in [2.45, 2.75) is 6.42 Å². The van der Waals surface area contributed by atoms with Gasteiger partial charge in [-0.15, -0.1) is 0 Å². The predicted octanol–water partition coefficient (Wildman–Crippen LogP) is 2.35. The zero-order valence-corrected chi connectivity index (χ0v) is 13.6. The van der Waals surface area contributed by atoms with Crippen molar-refractivity contribution < 1.29 is 13.2 Å². The van der Waals surface area contributed by atoms with E-state index in [2.05, 4.69) is 5.32 Å². The highest BCUT2D eigenvalue weighted by molar-refractivity contribution is 7.93. The number of benzene rings is 2. The first kappa shape index (κ1) is 16.0. The normalized spacial score (nSPS) is 15.7. The minimum Gasteiger partial charge on any atom is -0.322 e. The summed E-state index contributed by atoms with van der Waals surface area (Å²) < 4.78 is 25.2. The molecule has 24 heavy (non-hydrogen) atoms. The molecule has 0 saturated carbocycles. The summed E-state index contributed by atoms with van der Waals surface area (Å²) in [7, 11) is -3.21. The SMILES string of the molecule is N#Cc1cccc(C(=O)Nc2ccc(N3CCCS3(=O)=O)cc2)c1. The van der Waals surface area contributed by atoms with E-state index in [0.29, 0.717) is 35.5 Å². The van der Waals surface area contributed by atoms with Gasteiger partial charge in [0.25, 0.3) is 5.91 Å². The summed E-state index contributed by atoms with van der Waals surface area (Å²) in [4.78, 5) is 12.2. The first-order valence-electron chi connectivity index (χ1n) is 7.41. The van der Waals surface area contributed by atoms with Crippen LogP contribution in [-0.4, -0.2) is 26.6 Å². The number of sulfonamides is 1. The van der Waals surface area contributed by atoms with Gasteiger partial charge >= 0.3 is 0 Å². The van der Waals surface area contributed by atoms with Gasteiger partial charge in [0.15, 0.2) is 0 Å². The summed E-state index contributed by atoms with van der Waals surface area (Å²) in [5.74, 6) is -0.158. The Hall–Kier alpha value is -2.85. The number of carbonyl (C=O) groups is 1. The maximum atomic E-state index is 12.2. The molecule has 1 amide bonds. The van der Waals surface area contributed by atoms with Crippen LogP contribution < -0.4 is 9.62 Å². The summed E-state index contributed by atoms with van der Waals surface area (Å²) in [6.07, 6.45) is 0.621. The fraction of sp³-hybridized carbons (Fsp3) is 0.176. The van der Waals surface area contributed by atoms with Crippen molar-refractivity contribution in [1.82, 2.24) is 0 Å². The number of nitriles is 1. The maximum Gasteiger partial charge on any atom is 0.255 e. The van der Waals surface area contributed by atoms with Crippen LogP contribution >= 0.6 is 0 Å². The van der Waals surface area contributed by atoms with E-state index in [1.165, 1.54) is 10.4 Å². The Morgan fingerprint density at radius 2 is 1.92 bits per heavy atom. The van der Waals surface area contributed by atoms with Gasteiger partial charge in [-0.3, -0.25) is 9.10 Å². The van der Waals surface area contributed by atoms with Crippen molar-refractivity contribution in [2.24, 2.45) is 0 Å². The van der Waals surface area contributed by atoms with Crippen molar-refractivity contribution >= 4 is 27.3 Å². The van der Waals surface area contributed by atoms with E-state index < -0.39 is 10.0 Å². The molecular weight excluding hydrogens is 326 g/mol. The molecule has 1 aliphatic rings. The smallest absolute Gasteiger partial charge is 0.255 e. The molecule has 1 aliphatic heterocycles. The molecule has 2 aromatic carbocycles. The van der Waals surface area contributed by atoms with Gasteiger partial charge in [-0.2, -0.15) is 5.26 Å². The summed E-state index contributed by atoms with van der Waals surface area (Å²) >= 11 is 0. The molecule has 0 aromatic heterocycles. The van der Waals surface area contributed by atoms with E-state index in [1.807, 2.05) is 6.07 Å². The van der Waals surface area contributed by atoms with Crippen LogP contribution in [0.1, 0.15) is 22.3 Å².